The molecule has 0 saturated heterocycles. The zero-order chi connectivity index (χ0) is 46.5. The Kier molecular flexibility index (Phi) is 8.80. The lowest BCUT2D eigenvalue weighted by Gasteiger charge is -2.30. The summed E-state index contributed by atoms with van der Waals surface area (Å²) in [7, 11) is 0. The molecule has 9 aromatic carbocycles. The van der Waals surface area contributed by atoms with Crippen LogP contribution in [0.15, 0.2) is 228 Å². The van der Waals surface area contributed by atoms with Gasteiger partial charge in [0.15, 0.2) is 17.5 Å². The molecule has 0 atom stereocenters. The van der Waals surface area contributed by atoms with Gasteiger partial charge < -0.3 is 8.83 Å². The Hall–Kier alpha value is -9.19. The standard InChI is InChI=1S/C65H41N3O2/c1-3-44(63-66-62(41-31-29-40(30-32-41)39-17-6-5-7-18-39)67-64(68-63)49-23-16-28-59-61(49)48-22-11-15-27-57(48)70-59)60-51-38-43(34-36-58(51)69-56(60)4-2)42-33-35-55-50(37-42)47-21-10-14-26-54(47)65(55)52-24-12-8-19-45(52)46-20-9-13-25-53(46)65/h3-38H,1H2,2H3/b56-4+,60-44+. The molecule has 0 saturated carbocycles. The maximum absolute atomic E-state index is 6.67. The number of aromatic nitrogens is 3. The predicted octanol–water partition coefficient (Wildman–Crippen LogP) is 14.7. The van der Waals surface area contributed by atoms with Crippen molar-refractivity contribution in [3.8, 4) is 67.3 Å². The van der Waals surface area contributed by atoms with Gasteiger partial charge in [0.1, 0.15) is 22.2 Å². The molecule has 0 bridgehead atoms. The van der Waals surface area contributed by atoms with Gasteiger partial charge in [-0.3, -0.25) is 0 Å². The number of hydrogen-bond acceptors (Lipinski definition) is 5. The maximum Gasteiger partial charge on any atom is 0.164 e. The van der Waals surface area contributed by atoms with Crippen molar-refractivity contribution in [2.24, 2.45) is 0 Å². The molecule has 328 valence electrons. The second-order valence-corrected chi connectivity index (χ2v) is 18.1. The molecule has 1 spiro atoms. The van der Waals surface area contributed by atoms with Gasteiger partial charge in [0.25, 0.3) is 0 Å². The van der Waals surface area contributed by atoms with Gasteiger partial charge in [-0.1, -0.05) is 189 Å². The Morgan fingerprint density at radius 3 is 1.70 bits per heavy atom. The molecule has 0 fully saturated rings. The number of furan rings is 2. The molecular weight excluding hydrogens is 855 g/mol. The van der Waals surface area contributed by atoms with Gasteiger partial charge >= 0.3 is 0 Å². The Balaban J connectivity index is 0.967. The van der Waals surface area contributed by atoms with Crippen LogP contribution in [-0.4, -0.2) is 15.0 Å². The number of hydrogen-bond donors (Lipinski definition) is 0. The summed E-state index contributed by atoms with van der Waals surface area (Å²) in [6.07, 6.45) is 3.85. The highest BCUT2D eigenvalue weighted by Crippen LogP contribution is 2.63. The minimum Gasteiger partial charge on any atom is -0.456 e. The van der Waals surface area contributed by atoms with Crippen LogP contribution in [0, 0.1) is 0 Å². The minimum absolute atomic E-state index is 0.401. The van der Waals surface area contributed by atoms with Gasteiger partial charge in [-0.05, 0) is 110 Å². The van der Waals surface area contributed by atoms with Crippen LogP contribution >= 0.6 is 0 Å². The Morgan fingerprint density at radius 2 is 0.971 bits per heavy atom. The molecule has 3 heterocycles. The van der Waals surface area contributed by atoms with E-state index in [1.807, 2.05) is 55.5 Å². The molecule has 70 heavy (non-hydrogen) atoms. The smallest absolute Gasteiger partial charge is 0.164 e. The van der Waals surface area contributed by atoms with Crippen LogP contribution in [0.1, 0.15) is 35.0 Å². The molecule has 0 amide bonds. The van der Waals surface area contributed by atoms with Crippen LogP contribution in [0.25, 0.3) is 112 Å². The lowest BCUT2D eigenvalue weighted by atomic mass is 9.70. The van der Waals surface area contributed by atoms with E-state index in [9.17, 15) is 0 Å². The maximum atomic E-state index is 6.67. The molecule has 5 heteroatoms. The van der Waals surface area contributed by atoms with E-state index in [0.29, 0.717) is 22.9 Å². The third-order valence-electron chi connectivity index (χ3n) is 14.6. The molecule has 2 aliphatic rings. The van der Waals surface area contributed by atoms with Gasteiger partial charge in [-0.2, -0.15) is 0 Å². The molecule has 5 nitrogen and oxygen atoms in total. The van der Waals surface area contributed by atoms with Crippen molar-refractivity contribution in [3.63, 3.8) is 0 Å². The third kappa shape index (κ3) is 5.75. The number of para-hydroxylation sites is 1. The molecule has 0 N–H and O–H groups in total. The summed E-state index contributed by atoms with van der Waals surface area (Å²) < 4.78 is 13.0. The number of nitrogens with zero attached hydrogens (tertiary/aromatic N) is 3. The third-order valence-corrected chi connectivity index (χ3v) is 14.6. The quantitative estimate of drug-likeness (QED) is 0.166. The summed E-state index contributed by atoms with van der Waals surface area (Å²) in [5, 5.41) is 3.76. The zero-order valence-corrected chi connectivity index (χ0v) is 38.1. The fourth-order valence-corrected chi connectivity index (χ4v) is 11.5. The van der Waals surface area contributed by atoms with Crippen molar-refractivity contribution >= 4 is 44.6 Å². The largest absolute Gasteiger partial charge is 0.456 e. The molecule has 0 aliphatic heterocycles. The second kappa shape index (κ2) is 15.4. The minimum atomic E-state index is -0.401. The van der Waals surface area contributed by atoms with E-state index in [2.05, 4.69) is 176 Å². The van der Waals surface area contributed by atoms with Gasteiger partial charge in [0, 0.05) is 38.1 Å². The lowest BCUT2D eigenvalue weighted by Crippen LogP contribution is -2.25. The molecular formula is C65H41N3O2. The van der Waals surface area contributed by atoms with Gasteiger partial charge in [0.2, 0.25) is 0 Å². The van der Waals surface area contributed by atoms with Crippen LogP contribution < -0.4 is 10.6 Å². The van der Waals surface area contributed by atoms with Crippen LogP contribution in [-0.2, 0) is 5.41 Å². The molecule has 0 unspecified atom stereocenters. The number of allylic oxidation sites excluding steroid dienone is 1. The van der Waals surface area contributed by atoms with E-state index >= 15 is 0 Å². The first-order chi connectivity index (χ1) is 34.6. The molecule has 3 aromatic heterocycles. The predicted molar refractivity (Wildman–Crippen MR) is 283 cm³/mol. The average Bonchev–Trinajstić information content (AvgIpc) is 4.16. The first kappa shape index (κ1) is 39.9. The van der Waals surface area contributed by atoms with E-state index in [0.717, 1.165) is 77.1 Å². The summed E-state index contributed by atoms with van der Waals surface area (Å²) in [4.78, 5) is 15.8. The average molecular weight is 896 g/mol. The highest BCUT2D eigenvalue weighted by molar-refractivity contribution is 6.12. The summed E-state index contributed by atoms with van der Waals surface area (Å²) in [6, 6.07) is 73.2. The normalized spacial score (nSPS) is 13.7. The molecule has 2 aliphatic carbocycles. The molecule has 12 aromatic rings. The van der Waals surface area contributed by atoms with Crippen LogP contribution in [0.2, 0.25) is 0 Å². The van der Waals surface area contributed by atoms with E-state index < -0.39 is 5.41 Å². The summed E-state index contributed by atoms with van der Waals surface area (Å²) in [6.45, 7) is 6.41. The lowest BCUT2D eigenvalue weighted by molar-refractivity contribution is 0.574. The SMILES string of the molecule is C=C/C(c1nc(-c2ccc(-c3ccccc3)cc2)nc(-c2cccc3oc4ccccc4c23)n1)=c1\c(=C/C)oc2ccc(-c3ccc4c(c3)-c3ccccc3C43c4ccccc4-c4ccccc43)cc12. The van der Waals surface area contributed by atoms with Crippen molar-refractivity contribution < 1.29 is 8.83 Å². The van der Waals surface area contributed by atoms with Crippen molar-refractivity contribution in [2.75, 3.05) is 0 Å². The summed E-state index contributed by atoms with van der Waals surface area (Å²) in [5.41, 5.74) is 19.9. The first-order valence-corrected chi connectivity index (χ1v) is 23.7. The number of rotatable bonds is 6. The van der Waals surface area contributed by atoms with Crippen LogP contribution in [0.3, 0.4) is 0 Å². The topological polar surface area (TPSA) is 65.0 Å². The van der Waals surface area contributed by atoms with Gasteiger partial charge in [-0.15, -0.1) is 0 Å². The van der Waals surface area contributed by atoms with Crippen LogP contribution in [0.5, 0.6) is 0 Å². The van der Waals surface area contributed by atoms with Crippen molar-refractivity contribution in [1.82, 2.24) is 15.0 Å². The van der Waals surface area contributed by atoms with E-state index in [4.69, 9.17) is 23.8 Å². The van der Waals surface area contributed by atoms with E-state index in [1.54, 1.807) is 0 Å². The Labute approximate surface area is 403 Å². The Morgan fingerprint density at radius 1 is 0.429 bits per heavy atom. The first-order valence-electron chi connectivity index (χ1n) is 23.7. The van der Waals surface area contributed by atoms with Gasteiger partial charge in [0.05, 0.1) is 5.41 Å². The monoisotopic (exact) mass is 895 g/mol. The zero-order valence-electron chi connectivity index (χ0n) is 38.1. The van der Waals surface area contributed by atoms with Crippen molar-refractivity contribution in [2.45, 2.75) is 12.3 Å². The second-order valence-electron chi connectivity index (χ2n) is 18.1. The number of fused-ring (bicyclic) bond motifs is 14. The molecule has 0 radical (unpaired) electrons. The van der Waals surface area contributed by atoms with Crippen molar-refractivity contribution in [3.05, 3.63) is 258 Å². The van der Waals surface area contributed by atoms with E-state index in [-0.39, 0.29) is 0 Å². The highest BCUT2D eigenvalue weighted by Gasteiger charge is 2.51. The molecule has 14 rings (SSSR count). The van der Waals surface area contributed by atoms with E-state index in [1.165, 1.54) is 44.5 Å². The Bertz CT molecular complexity index is 4230. The number of benzene rings is 9. The highest BCUT2D eigenvalue weighted by atomic mass is 16.3. The van der Waals surface area contributed by atoms with Gasteiger partial charge in [-0.25, -0.2) is 15.0 Å². The van der Waals surface area contributed by atoms with Crippen molar-refractivity contribution in [1.29, 1.82) is 0 Å². The van der Waals surface area contributed by atoms with Crippen LogP contribution in [0.4, 0.5) is 0 Å². The summed E-state index contributed by atoms with van der Waals surface area (Å²) in [5.74, 6) is 1.56. The fourth-order valence-electron chi connectivity index (χ4n) is 11.5. The fraction of sp³-hybridized carbons (Fsp3) is 0.0308. The summed E-state index contributed by atoms with van der Waals surface area (Å²) >= 11 is 0.